The number of H-pyrrole nitrogens is 1. The first-order chi connectivity index (χ1) is 17.8. The summed E-state index contributed by atoms with van der Waals surface area (Å²) >= 11 is 0. The number of aromatic nitrogens is 5. The number of sulfonamides is 1. The summed E-state index contributed by atoms with van der Waals surface area (Å²) in [5.74, 6) is -0.828. The molecule has 2 aromatic carbocycles. The largest absolute Gasteiger partial charge is 0.573 e. The number of nitrogens with one attached hydrogen (secondary N) is 2. The van der Waals surface area contributed by atoms with E-state index in [4.69, 9.17) is 0 Å². The van der Waals surface area contributed by atoms with Gasteiger partial charge < -0.3 is 10.1 Å². The van der Waals surface area contributed by atoms with Gasteiger partial charge in [0.2, 0.25) is 0 Å². The molecular formula is C21H13F6N7O3S. The van der Waals surface area contributed by atoms with Crippen LogP contribution in [0.2, 0.25) is 0 Å². The minimum Gasteiger partial charge on any atom is -0.406 e. The van der Waals surface area contributed by atoms with Gasteiger partial charge in [0.25, 0.3) is 10.0 Å². The molecule has 0 fully saturated rings. The first kappa shape index (κ1) is 25.2. The molecule has 0 spiro atoms. The smallest absolute Gasteiger partial charge is 0.406 e. The molecule has 0 bridgehead atoms. The quantitative estimate of drug-likeness (QED) is 0.348. The molecule has 38 heavy (non-hydrogen) atoms. The second-order valence-electron chi connectivity index (χ2n) is 7.81. The maximum absolute atomic E-state index is 13.8. The lowest BCUT2D eigenvalue weighted by Crippen LogP contribution is -2.31. The van der Waals surface area contributed by atoms with Crippen LogP contribution in [0, 0.1) is 0 Å². The van der Waals surface area contributed by atoms with Gasteiger partial charge in [-0.2, -0.15) is 13.2 Å². The van der Waals surface area contributed by atoms with Crippen molar-refractivity contribution in [3.05, 3.63) is 65.9 Å². The molecule has 10 nitrogen and oxygen atoms in total. The predicted molar refractivity (Wildman–Crippen MR) is 119 cm³/mol. The number of halogens is 6. The van der Waals surface area contributed by atoms with Crippen LogP contribution in [0.1, 0.15) is 11.3 Å². The lowest BCUT2D eigenvalue weighted by atomic mass is 10.1. The van der Waals surface area contributed by atoms with Gasteiger partial charge in [0.1, 0.15) is 17.3 Å². The van der Waals surface area contributed by atoms with Crippen LogP contribution in [0.3, 0.4) is 0 Å². The Morgan fingerprint density at radius 1 is 0.947 bits per heavy atom. The third-order valence-electron chi connectivity index (χ3n) is 5.37. The molecule has 0 radical (unpaired) electrons. The molecule has 0 aliphatic carbocycles. The number of benzene rings is 2. The highest BCUT2D eigenvalue weighted by molar-refractivity contribution is 7.92. The lowest BCUT2D eigenvalue weighted by molar-refractivity contribution is -0.274. The molecule has 2 aromatic heterocycles. The molecule has 1 aliphatic heterocycles. The van der Waals surface area contributed by atoms with E-state index in [-0.39, 0.29) is 34.1 Å². The Kier molecular flexibility index (Phi) is 5.89. The van der Waals surface area contributed by atoms with Crippen LogP contribution in [-0.2, 0) is 22.7 Å². The number of anilines is 3. The predicted octanol–water partition coefficient (Wildman–Crippen LogP) is 4.63. The highest BCUT2D eigenvalue weighted by Crippen LogP contribution is 2.44. The van der Waals surface area contributed by atoms with Crippen molar-refractivity contribution in [3.63, 3.8) is 0 Å². The van der Waals surface area contributed by atoms with Crippen LogP contribution in [0.15, 0.2) is 59.5 Å². The molecular weight excluding hydrogens is 544 g/mol. The van der Waals surface area contributed by atoms with E-state index >= 15 is 0 Å². The van der Waals surface area contributed by atoms with Crippen molar-refractivity contribution in [1.82, 2.24) is 25.6 Å². The number of fused-ring (bicyclic) bond motifs is 2. The average Bonchev–Trinajstić information content (AvgIpc) is 3.30. The summed E-state index contributed by atoms with van der Waals surface area (Å²) in [6.45, 7) is -0.484. The number of hydrogen-bond donors (Lipinski definition) is 2. The number of nitrogens with zero attached hydrogens (tertiary/aromatic N) is 5. The lowest BCUT2D eigenvalue weighted by Gasteiger charge is -2.26. The maximum Gasteiger partial charge on any atom is 0.573 e. The highest BCUT2D eigenvalue weighted by Gasteiger charge is 2.37. The summed E-state index contributed by atoms with van der Waals surface area (Å²) in [5.41, 5.74) is -0.906. The monoisotopic (exact) mass is 557 g/mol. The topological polar surface area (TPSA) is 126 Å². The van der Waals surface area contributed by atoms with Crippen LogP contribution < -0.4 is 14.4 Å². The van der Waals surface area contributed by atoms with Crippen molar-refractivity contribution in [2.24, 2.45) is 0 Å². The fourth-order valence-electron chi connectivity index (χ4n) is 3.77. The van der Waals surface area contributed by atoms with E-state index in [9.17, 15) is 34.8 Å². The fourth-order valence-corrected chi connectivity index (χ4v) is 5.25. The van der Waals surface area contributed by atoms with Crippen molar-refractivity contribution in [2.75, 3.05) is 9.62 Å². The molecule has 1 aliphatic rings. The van der Waals surface area contributed by atoms with Gasteiger partial charge in [0.15, 0.2) is 5.82 Å². The van der Waals surface area contributed by atoms with Gasteiger partial charge in [-0.15, -0.1) is 18.3 Å². The van der Waals surface area contributed by atoms with Gasteiger partial charge in [-0.1, -0.05) is 12.1 Å². The zero-order valence-corrected chi connectivity index (χ0v) is 19.4. The summed E-state index contributed by atoms with van der Waals surface area (Å²) in [7, 11) is -4.53. The van der Waals surface area contributed by atoms with Gasteiger partial charge in [-0.25, -0.2) is 18.5 Å². The van der Waals surface area contributed by atoms with E-state index in [0.717, 1.165) is 34.6 Å². The molecule has 17 heteroatoms. The zero-order chi connectivity index (χ0) is 27.3. The minimum atomic E-state index is -4.98. The molecule has 0 amide bonds. The van der Waals surface area contributed by atoms with Gasteiger partial charge in [-0.3, -0.25) is 4.31 Å². The number of aromatic amines is 1. The molecule has 0 atom stereocenters. The molecule has 5 rings (SSSR count). The van der Waals surface area contributed by atoms with E-state index in [1.54, 1.807) is 0 Å². The molecule has 2 N–H and O–H groups in total. The van der Waals surface area contributed by atoms with Crippen molar-refractivity contribution >= 4 is 27.2 Å². The van der Waals surface area contributed by atoms with Crippen molar-refractivity contribution < 1.29 is 39.5 Å². The van der Waals surface area contributed by atoms with Gasteiger partial charge >= 0.3 is 12.5 Å². The molecule has 0 saturated carbocycles. The van der Waals surface area contributed by atoms with Gasteiger partial charge in [-0.05, 0) is 52.9 Å². The first-order valence-electron chi connectivity index (χ1n) is 10.4. The summed E-state index contributed by atoms with van der Waals surface area (Å²) in [5, 5.41) is 16.0. The molecule has 0 saturated heterocycles. The Bertz CT molecular complexity index is 1590. The Morgan fingerprint density at radius 3 is 2.32 bits per heavy atom. The summed E-state index contributed by atoms with van der Waals surface area (Å²) in [6.07, 6.45) is -9.74. The third-order valence-corrected chi connectivity index (χ3v) is 7.13. The number of rotatable bonds is 4. The van der Waals surface area contributed by atoms with E-state index in [2.05, 4.69) is 35.7 Å². The molecule has 3 heterocycles. The summed E-state index contributed by atoms with van der Waals surface area (Å²) in [6, 6.07) is 9.69. The number of ether oxygens (including phenoxy) is 1. The first-order valence-corrected chi connectivity index (χ1v) is 11.9. The van der Waals surface area contributed by atoms with Crippen LogP contribution in [-0.4, -0.2) is 40.4 Å². The van der Waals surface area contributed by atoms with E-state index in [1.165, 1.54) is 18.2 Å². The molecule has 198 valence electrons. The number of tetrazole rings is 1. The minimum absolute atomic E-state index is 0.0340. The standard InChI is InChI=1S/C21H13F6N7O3S/c22-20(23,24)16-9-4-11-10-34(38(35,36)13-7-5-12(6-8-13)37-21(25,26)27)17-14(19-30-32-33-31-19)2-1-3-15(17)28-18(11)29-16/h1-9H,10H2,(H,28,29)(H,30,31,32,33). The maximum atomic E-state index is 13.8. The Labute approximate surface area is 209 Å². The average molecular weight is 557 g/mol. The summed E-state index contributed by atoms with van der Waals surface area (Å²) in [4.78, 5) is 3.23. The highest BCUT2D eigenvalue weighted by atomic mass is 32.2. The van der Waals surface area contributed by atoms with Crippen molar-refractivity contribution in [2.45, 2.75) is 24.0 Å². The van der Waals surface area contributed by atoms with Crippen LogP contribution in [0.5, 0.6) is 5.75 Å². The molecule has 4 aromatic rings. The van der Waals surface area contributed by atoms with Crippen LogP contribution in [0.25, 0.3) is 11.4 Å². The number of pyridine rings is 1. The SMILES string of the molecule is O=S(=O)(c1ccc(OC(F)(F)F)cc1)N1Cc2ccc(C(F)(F)F)nc2Nc2cccc(-c3nnn[nH]3)c21. The normalized spacial score (nSPS) is 13.8. The summed E-state index contributed by atoms with van der Waals surface area (Å²) < 4.78 is 110. The number of hydrogen-bond acceptors (Lipinski definition) is 8. The van der Waals surface area contributed by atoms with E-state index in [0.29, 0.717) is 6.07 Å². The third kappa shape index (κ3) is 4.79. The van der Waals surface area contributed by atoms with E-state index in [1.807, 2.05) is 0 Å². The van der Waals surface area contributed by atoms with Gasteiger partial charge in [0, 0.05) is 11.1 Å². The zero-order valence-electron chi connectivity index (χ0n) is 18.5. The van der Waals surface area contributed by atoms with Crippen LogP contribution in [0.4, 0.5) is 43.5 Å². The van der Waals surface area contributed by atoms with Crippen molar-refractivity contribution in [1.29, 1.82) is 0 Å². The molecule has 0 unspecified atom stereocenters. The second kappa shape index (κ2) is 8.86. The second-order valence-corrected chi connectivity index (χ2v) is 9.67. The van der Waals surface area contributed by atoms with Crippen LogP contribution >= 0.6 is 0 Å². The van der Waals surface area contributed by atoms with Crippen molar-refractivity contribution in [3.8, 4) is 17.1 Å². The number of para-hydroxylation sites is 1. The van der Waals surface area contributed by atoms with E-state index < -0.39 is 45.4 Å². The van der Waals surface area contributed by atoms with Gasteiger partial charge in [0.05, 0.1) is 22.8 Å². The Morgan fingerprint density at radius 2 is 1.68 bits per heavy atom. The Balaban J connectivity index is 1.67. The number of alkyl halides is 6. The Hall–Kier alpha value is -4.41. The fraction of sp³-hybridized carbons (Fsp3) is 0.143.